The van der Waals surface area contributed by atoms with E-state index in [1.165, 1.54) is 0 Å². The van der Waals surface area contributed by atoms with Gasteiger partial charge in [0.15, 0.2) is 0 Å². The van der Waals surface area contributed by atoms with Crippen LogP contribution in [0.25, 0.3) is 0 Å². The summed E-state index contributed by atoms with van der Waals surface area (Å²) in [6, 6.07) is 0. The van der Waals surface area contributed by atoms with E-state index in [0.29, 0.717) is 18.9 Å². The molecule has 0 fully saturated rings. The number of hydrogen-bond donors (Lipinski definition) is 0. The molecule has 92 valence electrons. The number of ether oxygens (including phenoxy) is 1. The maximum absolute atomic E-state index is 11.3. The number of carbonyl (C=O) groups excluding carboxylic acids is 1. The van der Waals surface area contributed by atoms with Crippen LogP contribution < -0.4 is 0 Å². The number of rotatable bonds is 8. The number of unbranched alkanes of at least 4 members (excludes halogenated alkanes) is 3. The van der Waals surface area contributed by atoms with Gasteiger partial charge in [0.25, 0.3) is 0 Å². The van der Waals surface area contributed by atoms with E-state index in [9.17, 15) is 4.79 Å². The molecule has 1 atom stereocenters. The maximum atomic E-state index is 11.3. The second-order valence-electron chi connectivity index (χ2n) is 4.18. The van der Waals surface area contributed by atoms with Gasteiger partial charge in [0.2, 0.25) is 0 Å². The second-order valence-corrected chi connectivity index (χ2v) is 4.18. The number of esters is 1. The predicted molar refractivity (Wildman–Crippen MR) is 66.9 cm³/mol. The largest absolute Gasteiger partial charge is 0.465 e. The fourth-order valence-electron chi connectivity index (χ4n) is 1.21. The fraction of sp³-hybridized carbons (Fsp3) is 0.786. The van der Waals surface area contributed by atoms with Gasteiger partial charge in [-0.05, 0) is 25.7 Å². The molecule has 0 amide bonds. The first-order valence-electron chi connectivity index (χ1n) is 6.25. The molecule has 0 aromatic carbocycles. The monoisotopic (exact) mass is 224 g/mol. The Balaban J connectivity index is 3.32. The van der Waals surface area contributed by atoms with Crippen LogP contribution in [0.5, 0.6) is 0 Å². The fourth-order valence-corrected chi connectivity index (χ4v) is 1.21. The lowest BCUT2D eigenvalue weighted by atomic mass is 10.1. The highest BCUT2D eigenvalue weighted by Crippen LogP contribution is 2.06. The van der Waals surface area contributed by atoms with Crippen molar-refractivity contribution in [2.24, 2.45) is 5.92 Å². The average molecular weight is 224 g/mol. The highest BCUT2D eigenvalue weighted by atomic mass is 16.5. The molecule has 0 bridgehead atoms. The molecule has 1 unspecified atom stereocenters. The normalized spacial score (nSPS) is 11.4. The van der Waals surface area contributed by atoms with Gasteiger partial charge in [-0.2, -0.15) is 0 Å². The lowest BCUT2D eigenvalue weighted by Crippen LogP contribution is -2.11. The summed E-state index contributed by atoms with van der Waals surface area (Å²) in [7, 11) is 0. The second kappa shape index (κ2) is 10.5. The molecule has 0 aromatic heterocycles. The molecule has 0 saturated heterocycles. The van der Waals surface area contributed by atoms with Crippen molar-refractivity contribution in [3.63, 3.8) is 0 Å². The topological polar surface area (TPSA) is 26.3 Å². The lowest BCUT2D eigenvalue weighted by molar-refractivity contribution is -0.145. The molecule has 0 N–H and O–H groups in total. The van der Waals surface area contributed by atoms with Gasteiger partial charge in [-0.15, -0.1) is 11.8 Å². The standard InChI is InChI=1S/C14H24O2/c1-4-6-7-8-9-10-11-14(15)16-12-13(3)5-2/h13H,5,7-12H2,1-3H3. The van der Waals surface area contributed by atoms with E-state index in [-0.39, 0.29) is 5.97 Å². The average Bonchev–Trinajstić information content (AvgIpc) is 2.30. The summed E-state index contributed by atoms with van der Waals surface area (Å²) >= 11 is 0. The van der Waals surface area contributed by atoms with Crippen molar-refractivity contribution in [1.82, 2.24) is 0 Å². The minimum absolute atomic E-state index is 0.0538. The molecular weight excluding hydrogens is 200 g/mol. The van der Waals surface area contributed by atoms with Crippen molar-refractivity contribution in [2.75, 3.05) is 6.61 Å². The van der Waals surface area contributed by atoms with Crippen LogP contribution >= 0.6 is 0 Å². The van der Waals surface area contributed by atoms with Crippen molar-refractivity contribution in [1.29, 1.82) is 0 Å². The van der Waals surface area contributed by atoms with Crippen LogP contribution in [-0.2, 0) is 9.53 Å². The molecule has 2 nitrogen and oxygen atoms in total. The van der Waals surface area contributed by atoms with Crippen LogP contribution in [0.15, 0.2) is 0 Å². The molecule has 0 aromatic rings. The van der Waals surface area contributed by atoms with Crippen molar-refractivity contribution in [3.8, 4) is 11.8 Å². The van der Waals surface area contributed by atoms with E-state index in [2.05, 4.69) is 25.7 Å². The Labute approximate surface area is 99.8 Å². The smallest absolute Gasteiger partial charge is 0.305 e. The molecule has 0 spiro atoms. The molecule has 0 saturated carbocycles. The Morgan fingerprint density at radius 1 is 1.31 bits per heavy atom. The summed E-state index contributed by atoms with van der Waals surface area (Å²) in [6.45, 7) is 6.62. The van der Waals surface area contributed by atoms with E-state index in [4.69, 9.17) is 4.74 Å². The zero-order chi connectivity index (χ0) is 12.2. The third-order valence-electron chi connectivity index (χ3n) is 2.59. The highest BCUT2D eigenvalue weighted by Gasteiger charge is 2.05. The van der Waals surface area contributed by atoms with E-state index in [0.717, 1.165) is 32.1 Å². The zero-order valence-electron chi connectivity index (χ0n) is 10.8. The molecule has 16 heavy (non-hydrogen) atoms. The van der Waals surface area contributed by atoms with Crippen LogP contribution in [-0.4, -0.2) is 12.6 Å². The molecule has 0 rings (SSSR count). The Morgan fingerprint density at radius 2 is 2.06 bits per heavy atom. The molecular formula is C14H24O2. The van der Waals surface area contributed by atoms with Gasteiger partial charge < -0.3 is 4.74 Å². The van der Waals surface area contributed by atoms with Gasteiger partial charge in [-0.25, -0.2) is 0 Å². The van der Waals surface area contributed by atoms with Gasteiger partial charge in [0.05, 0.1) is 6.61 Å². The molecule has 0 aliphatic heterocycles. The lowest BCUT2D eigenvalue weighted by Gasteiger charge is -2.09. The van der Waals surface area contributed by atoms with Crippen LogP contribution in [0.4, 0.5) is 0 Å². The van der Waals surface area contributed by atoms with E-state index < -0.39 is 0 Å². The predicted octanol–water partition coefficient (Wildman–Crippen LogP) is 3.55. The number of hydrogen-bond acceptors (Lipinski definition) is 2. The Bertz CT molecular complexity index is 235. The summed E-state index contributed by atoms with van der Waals surface area (Å²) in [4.78, 5) is 11.3. The van der Waals surface area contributed by atoms with E-state index in [1.807, 2.05) is 6.92 Å². The van der Waals surface area contributed by atoms with Crippen LogP contribution in [0.1, 0.15) is 59.3 Å². The van der Waals surface area contributed by atoms with Crippen molar-refractivity contribution < 1.29 is 9.53 Å². The van der Waals surface area contributed by atoms with Gasteiger partial charge in [0.1, 0.15) is 0 Å². The molecule has 0 aliphatic rings. The summed E-state index contributed by atoms with van der Waals surface area (Å²) in [5, 5.41) is 0. The molecule has 0 heterocycles. The quantitative estimate of drug-likeness (QED) is 0.358. The van der Waals surface area contributed by atoms with Crippen molar-refractivity contribution in [2.45, 2.75) is 59.3 Å². The Morgan fingerprint density at radius 3 is 2.69 bits per heavy atom. The third kappa shape index (κ3) is 9.58. The van der Waals surface area contributed by atoms with Gasteiger partial charge in [-0.1, -0.05) is 26.7 Å². The maximum Gasteiger partial charge on any atom is 0.305 e. The minimum Gasteiger partial charge on any atom is -0.465 e. The molecule has 0 aliphatic carbocycles. The summed E-state index contributed by atoms with van der Waals surface area (Å²) in [5.41, 5.74) is 0. The first kappa shape index (κ1) is 15.0. The Hall–Kier alpha value is -0.970. The van der Waals surface area contributed by atoms with E-state index >= 15 is 0 Å². The highest BCUT2D eigenvalue weighted by molar-refractivity contribution is 5.69. The SMILES string of the molecule is CC#CCCCCCC(=O)OCC(C)CC. The van der Waals surface area contributed by atoms with Crippen molar-refractivity contribution in [3.05, 3.63) is 0 Å². The Kier molecular flexibility index (Phi) is 9.91. The summed E-state index contributed by atoms with van der Waals surface area (Å²) in [5.74, 6) is 6.30. The first-order chi connectivity index (χ1) is 7.70. The van der Waals surface area contributed by atoms with Crippen molar-refractivity contribution >= 4 is 5.97 Å². The van der Waals surface area contributed by atoms with Crippen LogP contribution in [0.2, 0.25) is 0 Å². The van der Waals surface area contributed by atoms with Crippen LogP contribution in [0, 0.1) is 17.8 Å². The van der Waals surface area contributed by atoms with Crippen LogP contribution in [0.3, 0.4) is 0 Å². The minimum atomic E-state index is -0.0538. The molecule has 0 radical (unpaired) electrons. The first-order valence-corrected chi connectivity index (χ1v) is 6.25. The summed E-state index contributed by atoms with van der Waals surface area (Å²) < 4.78 is 5.16. The summed E-state index contributed by atoms with van der Waals surface area (Å²) in [6.07, 6.45) is 5.62. The molecule has 2 heteroatoms. The van der Waals surface area contributed by atoms with E-state index in [1.54, 1.807) is 0 Å². The van der Waals surface area contributed by atoms with Gasteiger partial charge >= 0.3 is 5.97 Å². The van der Waals surface area contributed by atoms with Gasteiger partial charge in [0, 0.05) is 12.8 Å². The zero-order valence-corrected chi connectivity index (χ0v) is 10.8. The number of carbonyl (C=O) groups is 1. The third-order valence-corrected chi connectivity index (χ3v) is 2.59. The van der Waals surface area contributed by atoms with Gasteiger partial charge in [-0.3, -0.25) is 4.79 Å².